The summed E-state index contributed by atoms with van der Waals surface area (Å²) in [5.41, 5.74) is 3.56. The number of aromatic nitrogens is 2. The fourth-order valence-corrected chi connectivity index (χ4v) is 4.33. The molecule has 25 heavy (non-hydrogen) atoms. The van der Waals surface area contributed by atoms with Gasteiger partial charge in [-0.3, -0.25) is 9.36 Å². The molecular weight excluding hydrogens is 330 g/mol. The van der Waals surface area contributed by atoms with Crippen LogP contribution >= 0.6 is 11.8 Å². The minimum Gasteiger partial charge on any atom is -0.342 e. The van der Waals surface area contributed by atoms with Gasteiger partial charge in [-0.2, -0.15) is 0 Å². The van der Waals surface area contributed by atoms with Crippen molar-refractivity contribution in [3.63, 3.8) is 0 Å². The molecule has 0 spiro atoms. The average Bonchev–Trinajstić information content (AvgIpc) is 3.02. The summed E-state index contributed by atoms with van der Waals surface area (Å²) in [6, 6.07) is 6.46. The van der Waals surface area contributed by atoms with Gasteiger partial charge in [0.05, 0.1) is 5.25 Å². The van der Waals surface area contributed by atoms with Crippen LogP contribution in [0.2, 0.25) is 0 Å². The number of hydrogen-bond donors (Lipinski definition) is 0. The monoisotopic (exact) mass is 357 g/mol. The zero-order chi connectivity index (χ0) is 18.0. The highest BCUT2D eigenvalue weighted by molar-refractivity contribution is 8.00. The molecule has 1 fully saturated rings. The van der Waals surface area contributed by atoms with E-state index in [1.807, 2.05) is 18.0 Å². The third-order valence-electron chi connectivity index (χ3n) is 4.82. The van der Waals surface area contributed by atoms with Crippen molar-refractivity contribution in [3.8, 4) is 5.69 Å². The Labute approximate surface area is 154 Å². The predicted molar refractivity (Wildman–Crippen MR) is 103 cm³/mol. The Balaban J connectivity index is 1.73. The molecule has 1 saturated heterocycles. The number of amides is 1. The van der Waals surface area contributed by atoms with Gasteiger partial charge in [0.1, 0.15) is 0 Å². The van der Waals surface area contributed by atoms with Crippen molar-refractivity contribution in [3.05, 3.63) is 41.7 Å². The van der Waals surface area contributed by atoms with Crippen LogP contribution in [0.3, 0.4) is 0 Å². The number of piperidine rings is 1. The summed E-state index contributed by atoms with van der Waals surface area (Å²) in [7, 11) is 0. The minimum absolute atomic E-state index is 0.125. The summed E-state index contributed by atoms with van der Waals surface area (Å²) in [5.74, 6) is 0.961. The molecule has 1 aromatic carbocycles. The molecule has 134 valence electrons. The van der Waals surface area contributed by atoms with Gasteiger partial charge in [0.15, 0.2) is 5.16 Å². The topological polar surface area (TPSA) is 38.1 Å². The van der Waals surface area contributed by atoms with Crippen LogP contribution in [0.1, 0.15) is 37.8 Å². The average molecular weight is 358 g/mol. The Hall–Kier alpha value is -1.75. The second-order valence-corrected chi connectivity index (χ2v) is 8.50. The molecule has 1 aliphatic rings. The molecule has 2 aromatic rings. The van der Waals surface area contributed by atoms with Crippen molar-refractivity contribution >= 4 is 17.7 Å². The highest BCUT2D eigenvalue weighted by atomic mass is 32.2. The van der Waals surface area contributed by atoms with Gasteiger partial charge in [-0.1, -0.05) is 24.8 Å². The first-order chi connectivity index (χ1) is 11.9. The molecule has 3 rings (SSSR count). The van der Waals surface area contributed by atoms with Crippen LogP contribution in [0.5, 0.6) is 0 Å². The van der Waals surface area contributed by atoms with Crippen LogP contribution < -0.4 is 0 Å². The van der Waals surface area contributed by atoms with Crippen molar-refractivity contribution in [2.24, 2.45) is 5.92 Å². The van der Waals surface area contributed by atoms with Crippen molar-refractivity contribution in [1.82, 2.24) is 14.5 Å². The third-order valence-corrected chi connectivity index (χ3v) is 5.88. The van der Waals surface area contributed by atoms with E-state index >= 15 is 0 Å². The summed E-state index contributed by atoms with van der Waals surface area (Å²) < 4.78 is 2.08. The smallest absolute Gasteiger partial charge is 0.235 e. The van der Waals surface area contributed by atoms with Crippen LogP contribution in [0, 0.1) is 19.8 Å². The van der Waals surface area contributed by atoms with Crippen molar-refractivity contribution in [2.45, 2.75) is 50.9 Å². The Bertz CT molecular complexity index is 727. The lowest BCUT2D eigenvalue weighted by molar-refractivity contribution is -0.131. The molecule has 1 amide bonds. The SMILES string of the molecule is Cc1cc(C)cc(-n2ccnc2SC(C)C(=O)N2CCC(C)CC2)c1. The van der Waals surface area contributed by atoms with E-state index < -0.39 is 0 Å². The fraction of sp³-hybridized carbons (Fsp3) is 0.500. The van der Waals surface area contributed by atoms with Gasteiger partial charge in [0, 0.05) is 31.2 Å². The van der Waals surface area contributed by atoms with Gasteiger partial charge >= 0.3 is 0 Å². The number of benzene rings is 1. The molecule has 1 unspecified atom stereocenters. The van der Waals surface area contributed by atoms with E-state index in [4.69, 9.17) is 0 Å². The van der Waals surface area contributed by atoms with Gasteiger partial charge < -0.3 is 4.90 Å². The molecule has 0 bridgehead atoms. The first-order valence-corrected chi connectivity index (χ1v) is 9.89. The van der Waals surface area contributed by atoms with Crippen LogP contribution in [-0.2, 0) is 4.79 Å². The molecule has 0 aliphatic carbocycles. The van der Waals surface area contributed by atoms with Gasteiger partial charge in [-0.25, -0.2) is 4.98 Å². The van der Waals surface area contributed by atoms with Crippen molar-refractivity contribution in [1.29, 1.82) is 0 Å². The third kappa shape index (κ3) is 4.27. The summed E-state index contributed by atoms with van der Waals surface area (Å²) in [6.45, 7) is 10.2. The molecule has 2 heterocycles. The van der Waals surface area contributed by atoms with E-state index in [1.165, 1.54) is 11.1 Å². The zero-order valence-corrected chi connectivity index (χ0v) is 16.3. The zero-order valence-electron chi connectivity index (χ0n) is 15.5. The number of carbonyl (C=O) groups is 1. The predicted octanol–water partition coefficient (Wildman–Crippen LogP) is 4.23. The maximum Gasteiger partial charge on any atom is 0.235 e. The molecule has 1 atom stereocenters. The van der Waals surface area contributed by atoms with E-state index in [1.54, 1.807) is 18.0 Å². The van der Waals surface area contributed by atoms with E-state index in [2.05, 4.69) is 48.5 Å². The van der Waals surface area contributed by atoms with E-state index in [9.17, 15) is 4.79 Å². The Morgan fingerprint density at radius 1 is 1.20 bits per heavy atom. The van der Waals surface area contributed by atoms with Gasteiger partial charge in [-0.15, -0.1) is 0 Å². The largest absolute Gasteiger partial charge is 0.342 e. The molecule has 0 saturated carbocycles. The fourth-order valence-electron chi connectivity index (χ4n) is 3.36. The lowest BCUT2D eigenvalue weighted by atomic mass is 9.99. The number of likely N-dealkylation sites (tertiary alicyclic amines) is 1. The second kappa shape index (κ2) is 7.65. The summed E-state index contributed by atoms with van der Waals surface area (Å²) in [6.07, 6.45) is 6.00. The van der Waals surface area contributed by atoms with Crippen LogP contribution in [0.4, 0.5) is 0 Å². The molecule has 1 aliphatic heterocycles. The van der Waals surface area contributed by atoms with Gasteiger partial charge in [-0.05, 0) is 62.8 Å². The maximum atomic E-state index is 12.8. The maximum absolute atomic E-state index is 12.8. The number of carbonyl (C=O) groups excluding carboxylic acids is 1. The Kier molecular flexibility index (Phi) is 5.52. The van der Waals surface area contributed by atoms with E-state index in [0.717, 1.165) is 42.7 Å². The molecule has 0 N–H and O–H groups in total. The van der Waals surface area contributed by atoms with E-state index in [-0.39, 0.29) is 11.2 Å². The lowest BCUT2D eigenvalue weighted by Crippen LogP contribution is -2.41. The molecule has 0 radical (unpaired) electrons. The normalized spacial score (nSPS) is 16.9. The first kappa shape index (κ1) is 18.1. The first-order valence-electron chi connectivity index (χ1n) is 9.01. The quantitative estimate of drug-likeness (QED) is 0.769. The van der Waals surface area contributed by atoms with Crippen LogP contribution in [0.15, 0.2) is 35.7 Å². The number of aryl methyl sites for hydroxylation is 2. The molecule has 5 heteroatoms. The molecule has 4 nitrogen and oxygen atoms in total. The number of rotatable bonds is 4. The van der Waals surface area contributed by atoms with Crippen molar-refractivity contribution in [2.75, 3.05) is 13.1 Å². The van der Waals surface area contributed by atoms with Crippen LogP contribution in [0.25, 0.3) is 5.69 Å². The van der Waals surface area contributed by atoms with E-state index in [0.29, 0.717) is 0 Å². The Morgan fingerprint density at radius 3 is 2.48 bits per heavy atom. The highest BCUT2D eigenvalue weighted by Gasteiger charge is 2.26. The standard InChI is InChI=1S/C20H27N3OS/c1-14-5-8-22(9-6-14)19(24)17(4)25-20-21-7-10-23(20)18-12-15(2)11-16(3)13-18/h7,10-14,17H,5-6,8-9H2,1-4H3. The molecule has 1 aromatic heterocycles. The highest BCUT2D eigenvalue weighted by Crippen LogP contribution is 2.27. The number of imidazole rings is 1. The lowest BCUT2D eigenvalue weighted by Gasteiger charge is -2.32. The summed E-state index contributed by atoms with van der Waals surface area (Å²) >= 11 is 1.55. The van der Waals surface area contributed by atoms with Crippen molar-refractivity contribution < 1.29 is 4.79 Å². The Morgan fingerprint density at radius 2 is 1.84 bits per heavy atom. The second-order valence-electron chi connectivity index (χ2n) is 7.19. The van der Waals surface area contributed by atoms with Gasteiger partial charge in [0.25, 0.3) is 0 Å². The number of thioether (sulfide) groups is 1. The van der Waals surface area contributed by atoms with Crippen LogP contribution in [-0.4, -0.2) is 38.7 Å². The number of nitrogens with zero attached hydrogens (tertiary/aromatic N) is 3. The summed E-state index contributed by atoms with van der Waals surface area (Å²) in [5, 5.41) is 0.747. The number of hydrogen-bond acceptors (Lipinski definition) is 3. The summed E-state index contributed by atoms with van der Waals surface area (Å²) in [4.78, 5) is 19.3. The van der Waals surface area contributed by atoms with Gasteiger partial charge in [0.2, 0.25) is 5.91 Å². The minimum atomic E-state index is -0.125. The molecular formula is C20H27N3OS.